The fraction of sp³-hybridized carbons (Fsp3) is 0.667. The number of phenols is 1. The molecule has 0 aromatic heterocycles. The highest BCUT2D eigenvalue weighted by molar-refractivity contribution is 5.28. The molecule has 2 heterocycles. The molecule has 0 radical (unpaired) electrons. The van der Waals surface area contributed by atoms with Crippen molar-refractivity contribution in [2.45, 2.75) is 70.1 Å². The fourth-order valence-electron chi connectivity index (χ4n) is 4.19. The van der Waals surface area contributed by atoms with Crippen molar-refractivity contribution in [1.29, 1.82) is 0 Å². The van der Waals surface area contributed by atoms with E-state index in [-0.39, 0.29) is 0 Å². The highest BCUT2D eigenvalue weighted by Gasteiger charge is 2.37. The number of piperidine rings is 1. The quantitative estimate of drug-likeness (QED) is 0.871. The van der Waals surface area contributed by atoms with Crippen molar-refractivity contribution in [1.82, 2.24) is 10.2 Å². The van der Waals surface area contributed by atoms with E-state index in [9.17, 15) is 5.11 Å². The Morgan fingerprint density at radius 3 is 2.38 bits per heavy atom. The predicted octanol–water partition coefficient (Wildman–Crippen LogP) is 3.45. The summed E-state index contributed by atoms with van der Waals surface area (Å²) in [7, 11) is 0. The van der Waals surface area contributed by atoms with Gasteiger partial charge in [0.15, 0.2) is 0 Å². The van der Waals surface area contributed by atoms with Crippen LogP contribution in [0, 0.1) is 0 Å². The second-order valence-corrected chi connectivity index (χ2v) is 6.77. The lowest BCUT2D eigenvalue weighted by atomic mass is 9.95. The Labute approximate surface area is 128 Å². The molecule has 3 nitrogen and oxygen atoms in total. The monoisotopic (exact) mass is 288 g/mol. The van der Waals surface area contributed by atoms with Gasteiger partial charge in [0, 0.05) is 24.2 Å². The van der Waals surface area contributed by atoms with Gasteiger partial charge < -0.3 is 10.4 Å². The molecule has 1 aromatic carbocycles. The summed E-state index contributed by atoms with van der Waals surface area (Å²) in [5.74, 6) is 0.355. The predicted molar refractivity (Wildman–Crippen MR) is 86.5 cm³/mol. The number of benzene rings is 1. The number of hydrogen-bond acceptors (Lipinski definition) is 3. The minimum Gasteiger partial charge on any atom is -0.508 e. The van der Waals surface area contributed by atoms with Gasteiger partial charge >= 0.3 is 0 Å². The van der Waals surface area contributed by atoms with Gasteiger partial charge in [-0.3, -0.25) is 4.90 Å². The maximum absolute atomic E-state index is 9.48. The molecule has 2 fully saturated rings. The smallest absolute Gasteiger partial charge is 0.115 e. The van der Waals surface area contributed by atoms with Gasteiger partial charge in [-0.05, 0) is 63.3 Å². The van der Waals surface area contributed by atoms with Crippen LogP contribution in [0.25, 0.3) is 0 Å². The van der Waals surface area contributed by atoms with Crippen LogP contribution in [0.4, 0.5) is 0 Å². The SMILES string of the molecule is CCCN(C1CC2CCC(C1)N2)C(C)c1ccc(O)cc1. The van der Waals surface area contributed by atoms with Gasteiger partial charge in [-0.25, -0.2) is 0 Å². The van der Waals surface area contributed by atoms with Crippen LogP contribution in [0.3, 0.4) is 0 Å². The van der Waals surface area contributed by atoms with Crippen molar-refractivity contribution in [2.75, 3.05) is 6.54 Å². The summed E-state index contributed by atoms with van der Waals surface area (Å²) in [4.78, 5) is 2.69. The third-order valence-corrected chi connectivity index (χ3v) is 5.27. The van der Waals surface area contributed by atoms with E-state index in [1.165, 1.54) is 37.7 Å². The highest BCUT2D eigenvalue weighted by Crippen LogP contribution is 2.34. The van der Waals surface area contributed by atoms with Crippen molar-refractivity contribution >= 4 is 0 Å². The van der Waals surface area contributed by atoms with E-state index in [0.717, 1.165) is 18.6 Å². The van der Waals surface area contributed by atoms with Crippen LogP contribution in [0.5, 0.6) is 5.75 Å². The molecule has 116 valence electrons. The minimum atomic E-state index is 0.355. The average molecular weight is 288 g/mol. The summed E-state index contributed by atoms with van der Waals surface area (Å²) in [5, 5.41) is 13.2. The zero-order valence-electron chi connectivity index (χ0n) is 13.3. The number of hydrogen-bond donors (Lipinski definition) is 2. The summed E-state index contributed by atoms with van der Waals surface area (Å²) in [6, 6.07) is 10.3. The van der Waals surface area contributed by atoms with E-state index in [1.54, 1.807) is 0 Å². The summed E-state index contributed by atoms with van der Waals surface area (Å²) < 4.78 is 0. The lowest BCUT2D eigenvalue weighted by molar-refractivity contribution is 0.101. The molecule has 0 spiro atoms. The molecule has 2 aliphatic rings. The Morgan fingerprint density at radius 2 is 1.81 bits per heavy atom. The molecule has 2 aliphatic heterocycles. The zero-order valence-corrected chi connectivity index (χ0v) is 13.3. The number of nitrogens with one attached hydrogen (secondary N) is 1. The number of nitrogens with zero attached hydrogens (tertiary/aromatic N) is 1. The van der Waals surface area contributed by atoms with Gasteiger partial charge in [-0.15, -0.1) is 0 Å². The molecule has 2 saturated heterocycles. The van der Waals surface area contributed by atoms with Crippen molar-refractivity contribution in [3.63, 3.8) is 0 Å². The van der Waals surface area contributed by atoms with Crippen LogP contribution >= 0.6 is 0 Å². The highest BCUT2D eigenvalue weighted by atomic mass is 16.3. The molecular weight excluding hydrogens is 260 g/mol. The topological polar surface area (TPSA) is 35.5 Å². The molecule has 0 saturated carbocycles. The third kappa shape index (κ3) is 3.24. The molecule has 3 heteroatoms. The van der Waals surface area contributed by atoms with Crippen LogP contribution in [0.2, 0.25) is 0 Å². The average Bonchev–Trinajstić information content (AvgIpc) is 2.83. The molecule has 0 aliphatic carbocycles. The van der Waals surface area contributed by atoms with Gasteiger partial charge in [0.05, 0.1) is 0 Å². The van der Waals surface area contributed by atoms with Crippen LogP contribution < -0.4 is 5.32 Å². The normalized spacial score (nSPS) is 29.8. The van der Waals surface area contributed by atoms with E-state index in [0.29, 0.717) is 17.8 Å². The van der Waals surface area contributed by atoms with Gasteiger partial charge in [0.2, 0.25) is 0 Å². The van der Waals surface area contributed by atoms with Crippen LogP contribution in [-0.4, -0.2) is 34.7 Å². The lowest BCUT2D eigenvalue weighted by Gasteiger charge is -2.41. The molecule has 3 atom stereocenters. The zero-order chi connectivity index (χ0) is 14.8. The van der Waals surface area contributed by atoms with Crippen molar-refractivity contribution in [3.05, 3.63) is 29.8 Å². The third-order valence-electron chi connectivity index (χ3n) is 5.27. The number of fused-ring (bicyclic) bond motifs is 2. The Morgan fingerprint density at radius 1 is 1.19 bits per heavy atom. The molecule has 21 heavy (non-hydrogen) atoms. The maximum atomic E-state index is 9.48. The van der Waals surface area contributed by atoms with Crippen molar-refractivity contribution < 1.29 is 5.11 Å². The first-order valence-electron chi connectivity index (χ1n) is 8.48. The fourth-order valence-corrected chi connectivity index (χ4v) is 4.19. The van der Waals surface area contributed by atoms with E-state index in [4.69, 9.17) is 0 Å². The number of rotatable bonds is 5. The van der Waals surface area contributed by atoms with E-state index >= 15 is 0 Å². The maximum Gasteiger partial charge on any atom is 0.115 e. The summed E-state index contributed by atoms with van der Waals surface area (Å²) in [6.45, 7) is 5.74. The molecule has 1 aromatic rings. The summed E-state index contributed by atoms with van der Waals surface area (Å²) in [6.07, 6.45) is 6.49. The van der Waals surface area contributed by atoms with Gasteiger partial charge in [0.25, 0.3) is 0 Å². The van der Waals surface area contributed by atoms with E-state index < -0.39 is 0 Å². The molecular formula is C18H28N2O. The van der Waals surface area contributed by atoms with Crippen LogP contribution in [0.15, 0.2) is 24.3 Å². The van der Waals surface area contributed by atoms with Gasteiger partial charge in [0.1, 0.15) is 5.75 Å². The number of phenolic OH excluding ortho intramolecular Hbond substituents is 1. The molecule has 2 N–H and O–H groups in total. The van der Waals surface area contributed by atoms with Gasteiger partial charge in [-0.1, -0.05) is 19.1 Å². The molecule has 3 rings (SSSR count). The minimum absolute atomic E-state index is 0.355. The van der Waals surface area contributed by atoms with E-state index in [1.807, 2.05) is 12.1 Å². The first-order chi connectivity index (χ1) is 10.2. The van der Waals surface area contributed by atoms with Crippen molar-refractivity contribution in [3.8, 4) is 5.75 Å². The first-order valence-corrected chi connectivity index (χ1v) is 8.48. The molecule has 0 amide bonds. The van der Waals surface area contributed by atoms with Crippen LogP contribution in [0.1, 0.15) is 57.6 Å². The Balaban J connectivity index is 1.75. The molecule has 2 bridgehead atoms. The molecule has 3 unspecified atom stereocenters. The second-order valence-electron chi connectivity index (χ2n) is 6.77. The van der Waals surface area contributed by atoms with E-state index in [2.05, 4.69) is 36.2 Å². The largest absolute Gasteiger partial charge is 0.508 e. The Hall–Kier alpha value is -1.06. The first kappa shape index (κ1) is 14.9. The van der Waals surface area contributed by atoms with Crippen LogP contribution in [-0.2, 0) is 0 Å². The number of aromatic hydroxyl groups is 1. The standard InChI is InChI=1S/C18H28N2O/c1-3-10-20(13(2)14-4-8-18(21)9-5-14)17-11-15-6-7-16(12-17)19-15/h4-5,8-9,13,15-17,19,21H,3,6-7,10-12H2,1-2H3. The Bertz CT molecular complexity index is 447. The van der Waals surface area contributed by atoms with Gasteiger partial charge in [-0.2, -0.15) is 0 Å². The summed E-state index contributed by atoms with van der Waals surface area (Å²) in [5.41, 5.74) is 1.31. The second kappa shape index (κ2) is 6.37. The lowest BCUT2D eigenvalue weighted by Crippen LogP contribution is -2.49. The van der Waals surface area contributed by atoms with Crippen molar-refractivity contribution in [2.24, 2.45) is 0 Å². The Kier molecular flexibility index (Phi) is 4.51. The summed E-state index contributed by atoms with van der Waals surface area (Å²) >= 11 is 0.